The second-order valence-corrected chi connectivity index (χ2v) is 6.41. The van der Waals surface area contributed by atoms with Crippen molar-refractivity contribution in [2.75, 3.05) is 22.5 Å². The number of benzene rings is 1. The van der Waals surface area contributed by atoms with Crippen LogP contribution < -0.4 is 26.8 Å². The summed E-state index contributed by atoms with van der Waals surface area (Å²) in [6.45, 7) is 2.28. The minimum atomic E-state index is -0.446. The van der Waals surface area contributed by atoms with E-state index in [4.69, 9.17) is 0 Å². The second-order valence-electron chi connectivity index (χ2n) is 6.41. The highest BCUT2D eigenvalue weighted by Gasteiger charge is 2.15. The molecule has 0 unspecified atom stereocenters. The van der Waals surface area contributed by atoms with E-state index >= 15 is 0 Å². The number of rotatable bonds is 6. The summed E-state index contributed by atoms with van der Waals surface area (Å²) in [6.07, 6.45) is 2.93. The number of hydrogen-bond acceptors (Lipinski definition) is 5. The minimum Gasteiger partial charge on any atom is -0.355 e. The van der Waals surface area contributed by atoms with Gasteiger partial charge in [0.05, 0.1) is 11.3 Å². The summed E-state index contributed by atoms with van der Waals surface area (Å²) < 4.78 is 1.40. The lowest BCUT2D eigenvalue weighted by molar-refractivity contribution is 0.102. The van der Waals surface area contributed by atoms with Gasteiger partial charge in [0.25, 0.3) is 11.5 Å². The first kappa shape index (κ1) is 20.6. The van der Waals surface area contributed by atoms with Crippen LogP contribution in [0.15, 0.2) is 65.7 Å². The molecule has 0 saturated carbocycles. The van der Waals surface area contributed by atoms with Crippen LogP contribution in [0.25, 0.3) is 0 Å². The molecular weight excluding hydrogens is 384 g/mol. The number of anilines is 4. The molecule has 9 heteroatoms. The lowest BCUT2D eigenvalue weighted by atomic mass is 10.2. The number of amides is 3. The number of carbonyl (C=O) groups excluding carboxylic acids is 2. The SMILES string of the molecule is CCNC(=O)Nc1cc(Nc2ccccc2)c(C(=O)Nc2ccn(C)c(=O)c2)cn1. The Kier molecular flexibility index (Phi) is 6.43. The molecule has 0 aliphatic carbocycles. The quantitative estimate of drug-likeness (QED) is 0.502. The molecule has 0 fully saturated rings. The summed E-state index contributed by atoms with van der Waals surface area (Å²) in [6, 6.07) is 13.4. The molecule has 4 N–H and O–H groups in total. The fourth-order valence-corrected chi connectivity index (χ4v) is 2.63. The van der Waals surface area contributed by atoms with Crippen molar-refractivity contribution in [1.29, 1.82) is 0 Å². The molecule has 3 rings (SSSR count). The van der Waals surface area contributed by atoms with Crippen molar-refractivity contribution in [1.82, 2.24) is 14.9 Å². The summed E-state index contributed by atoms with van der Waals surface area (Å²) in [7, 11) is 1.63. The molecule has 0 aliphatic rings. The van der Waals surface area contributed by atoms with E-state index in [1.54, 1.807) is 32.3 Å². The van der Waals surface area contributed by atoms with E-state index in [1.165, 1.54) is 16.8 Å². The van der Waals surface area contributed by atoms with Gasteiger partial charge in [0.1, 0.15) is 5.82 Å². The third-order valence-electron chi connectivity index (χ3n) is 4.14. The molecule has 0 aliphatic heterocycles. The van der Waals surface area contributed by atoms with E-state index < -0.39 is 11.9 Å². The van der Waals surface area contributed by atoms with Gasteiger partial charge in [0.15, 0.2) is 0 Å². The van der Waals surface area contributed by atoms with E-state index in [-0.39, 0.29) is 16.9 Å². The Morgan fingerprint density at radius 1 is 1.03 bits per heavy atom. The number of urea groups is 1. The van der Waals surface area contributed by atoms with Gasteiger partial charge in [-0.1, -0.05) is 18.2 Å². The van der Waals surface area contributed by atoms with Gasteiger partial charge in [0.2, 0.25) is 0 Å². The molecule has 3 aromatic rings. The van der Waals surface area contributed by atoms with Crippen molar-refractivity contribution in [3.8, 4) is 0 Å². The molecule has 0 saturated heterocycles. The normalized spacial score (nSPS) is 10.2. The molecule has 0 bridgehead atoms. The Balaban J connectivity index is 1.90. The summed E-state index contributed by atoms with van der Waals surface area (Å²) in [4.78, 5) is 40.6. The van der Waals surface area contributed by atoms with Gasteiger partial charge >= 0.3 is 6.03 Å². The van der Waals surface area contributed by atoms with E-state index in [0.717, 1.165) is 5.69 Å². The van der Waals surface area contributed by atoms with Crippen LogP contribution in [-0.2, 0) is 7.05 Å². The first-order valence-corrected chi connectivity index (χ1v) is 9.31. The number of nitrogens with one attached hydrogen (secondary N) is 4. The van der Waals surface area contributed by atoms with Gasteiger partial charge in [-0.3, -0.25) is 14.9 Å². The lowest BCUT2D eigenvalue weighted by Gasteiger charge is -2.14. The minimum absolute atomic E-state index is 0.241. The number of carbonyl (C=O) groups is 2. The van der Waals surface area contributed by atoms with Crippen molar-refractivity contribution in [2.24, 2.45) is 7.05 Å². The molecule has 2 aromatic heterocycles. The van der Waals surface area contributed by atoms with Crippen LogP contribution in [-0.4, -0.2) is 28.0 Å². The molecule has 154 valence electrons. The zero-order chi connectivity index (χ0) is 21.5. The molecule has 0 spiro atoms. The van der Waals surface area contributed by atoms with E-state index in [2.05, 4.69) is 26.3 Å². The van der Waals surface area contributed by atoms with Crippen LogP contribution >= 0.6 is 0 Å². The van der Waals surface area contributed by atoms with Crippen molar-refractivity contribution in [3.05, 3.63) is 76.8 Å². The molecule has 30 heavy (non-hydrogen) atoms. The van der Waals surface area contributed by atoms with E-state index in [1.807, 2.05) is 30.3 Å². The Morgan fingerprint density at radius 3 is 2.50 bits per heavy atom. The highest BCUT2D eigenvalue weighted by atomic mass is 16.2. The third kappa shape index (κ3) is 5.22. The smallest absolute Gasteiger partial charge is 0.320 e. The Labute approximate surface area is 173 Å². The number of aryl methyl sites for hydroxylation is 1. The van der Waals surface area contributed by atoms with E-state index in [0.29, 0.717) is 17.9 Å². The maximum absolute atomic E-state index is 12.9. The van der Waals surface area contributed by atoms with Crippen LogP contribution in [0.5, 0.6) is 0 Å². The Bertz CT molecular complexity index is 1110. The van der Waals surface area contributed by atoms with Gasteiger partial charge < -0.3 is 20.5 Å². The monoisotopic (exact) mass is 406 g/mol. The summed E-state index contributed by atoms with van der Waals surface area (Å²) in [5.74, 6) is -0.164. The maximum atomic E-state index is 12.9. The van der Waals surface area contributed by atoms with Crippen molar-refractivity contribution in [2.45, 2.75) is 6.92 Å². The molecule has 1 aromatic carbocycles. The highest BCUT2D eigenvalue weighted by Crippen LogP contribution is 2.24. The average molecular weight is 406 g/mol. The molecule has 9 nitrogen and oxygen atoms in total. The largest absolute Gasteiger partial charge is 0.355 e. The predicted octanol–water partition coefficient (Wildman–Crippen LogP) is 2.92. The van der Waals surface area contributed by atoms with Crippen molar-refractivity contribution in [3.63, 3.8) is 0 Å². The topological polar surface area (TPSA) is 117 Å². The molecular formula is C21H22N6O3. The molecule has 0 radical (unpaired) electrons. The predicted molar refractivity (Wildman–Crippen MR) is 116 cm³/mol. The fourth-order valence-electron chi connectivity index (χ4n) is 2.63. The third-order valence-corrected chi connectivity index (χ3v) is 4.14. The summed E-state index contributed by atoms with van der Waals surface area (Å²) >= 11 is 0. The molecule has 2 heterocycles. The zero-order valence-electron chi connectivity index (χ0n) is 16.6. The molecule has 3 amide bonds. The van der Waals surface area contributed by atoms with Gasteiger partial charge in [-0.15, -0.1) is 0 Å². The van der Waals surface area contributed by atoms with Gasteiger partial charge in [0, 0.05) is 49.5 Å². The fraction of sp³-hybridized carbons (Fsp3) is 0.143. The first-order valence-electron chi connectivity index (χ1n) is 9.31. The Morgan fingerprint density at radius 2 is 1.80 bits per heavy atom. The number of nitrogens with zero attached hydrogens (tertiary/aromatic N) is 2. The lowest BCUT2D eigenvalue weighted by Crippen LogP contribution is -2.28. The van der Waals surface area contributed by atoms with Gasteiger partial charge in [-0.25, -0.2) is 9.78 Å². The number of aromatic nitrogens is 2. The Hall–Kier alpha value is -4.14. The standard InChI is InChI=1S/C21H22N6O3/c1-3-22-21(30)26-18-12-17(24-14-7-5-4-6-8-14)16(13-23-18)20(29)25-15-9-10-27(2)19(28)11-15/h4-13H,3H2,1-2H3,(H,25,29)(H3,22,23,24,26,30). The number of pyridine rings is 2. The average Bonchev–Trinajstić information content (AvgIpc) is 2.72. The van der Waals surface area contributed by atoms with Gasteiger partial charge in [-0.2, -0.15) is 0 Å². The van der Waals surface area contributed by atoms with Crippen LogP contribution in [0, 0.1) is 0 Å². The van der Waals surface area contributed by atoms with Crippen LogP contribution in [0.2, 0.25) is 0 Å². The maximum Gasteiger partial charge on any atom is 0.320 e. The summed E-state index contributed by atoms with van der Waals surface area (Å²) in [5.41, 5.74) is 1.59. The van der Waals surface area contributed by atoms with Crippen molar-refractivity contribution >= 4 is 34.8 Å². The van der Waals surface area contributed by atoms with Crippen LogP contribution in [0.3, 0.4) is 0 Å². The number of para-hydroxylation sites is 1. The van der Waals surface area contributed by atoms with Gasteiger partial charge in [-0.05, 0) is 25.1 Å². The summed E-state index contributed by atoms with van der Waals surface area (Å²) in [5, 5.41) is 11.1. The van der Waals surface area contributed by atoms with Crippen LogP contribution in [0.4, 0.5) is 27.7 Å². The highest BCUT2D eigenvalue weighted by molar-refractivity contribution is 6.08. The first-order chi connectivity index (χ1) is 14.5. The number of hydrogen-bond donors (Lipinski definition) is 4. The second kappa shape index (κ2) is 9.37. The van der Waals surface area contributed by atoms with Crippen LogP contribution in [0.1, 0.15) is 17.3 Å². The molecule has 0 atom stereocenters. The van der Waals surface area contributed by atoms with E-state index in [9.17, 15) is 14.4 Å². The van der Waals surface area contributed by atoms with Crippen molar-refractivity contribution < 1.29 is 9.59 Å². The zero-order valence-corrected chi connectivity index (χ0v) is 16.6.